The molecular weight excluding hydrogens is 260 g/mol. The van der Waals surface area contributed by atoms with E-state index in [1.165, 1.54) is 12.8 Å². The molecule has 5 heteroatoms. The van der Waals surface area contributed by atoms with E-state index in [0.717, 1.165) is 23.8 Å². The van der Waals surface area contributed by atoms with Crippen molar-refractivity contribution >= 4 is 21.4 Å². The van der Waals surface area contributed by atoms with Crippen LogP contribution in [0.1, 0.15) is 26.7 Å². The van der Waals surface area contributed by atoms with Gasteiger partial charge >= 0.3 is 0 Å². The number of rotatable bonds is 5. The number of hydrogen-bond acceptors (Lipinski definition) is 3. The lowest BCUT2D eigenvalue weighted by molar-refractivity contribution is 0.212. The second-order valence-corrected chi connectivity index (χ2v) is 7.52. The number of nitrogens with one attached hydrogen (secondary N) is 2. The van der Waals surface area contributed by atoms with Crippen LogP contribution in [0.5, 0.6) is 0 Å². The van der Waals surface area contributed by atoms with Crippen molar-refractivity contribution in [1.82, 2.24) is 0 Å². The molecule has 1 aromatic carbocycles. The summed E-state index contributed by atoms with van der Waals surface area (Å²) in [4.78, 5) is 0. The van der Waals surface area contributed by atoms with Crippen LogP contribution in [0.15, 0.2) is 24.3 Å². The Morgan fingerprint density at radius 3 is 2.11 bits per heavy atom. The van der Waals surface area contributed by atoms with Crippen LogP contribution in [0.2, 0.25) is 0 Å². The Morgan fingerprint density at radius 2 is 1.63 bits per heavy atom. The zero-order valence-electron chi connectivity index (χ0n) is 11.7. The van der Waals surface area contributed by atoms with Crippen LogP contribution in [0.25, 0.3) is 0 Å². The van der Waals surface area contributed by atoms with Gasteiger partial charge in [0.25, 0.3) is 0 Å². The van der Waals surface area contributed by atoms with Crippen molar-refractivity contribution in [3.8, 4) is 0 Å². The molecule has 0 heterocycles. The Labute approximate surface area is 115 Å². The third-order valence-electron chi connectivity index (χ3n) is 3.68. The van der Waals surface area contributed by atoms with Crippen LogP contribution in [0, 0.1) is 11.8 Å². The van der Waals surface area contributed by atoms with E-state index >= 15 is 0 Å². The normalized spacial score (nSPS) is 22.9. The van der Waals surface area contributed by atoms with Gasteiger partial charge in [-0.15, -0.1) is 0 Å². The Morgan fingerprint density at radius 1 is 1.11 bits per heavy atom. The lowest BCUT2D eigenvalue weighted by atomic mass is 9.73. The highest BCUT2D eigenvalue weighted by atomic mass is 32.2. The summed E-state index contributed by atoms with van der Waals surface area (Å²) in [5, 5.41) is 3.48. The molecule has 1 aliphatic carbocycles. The molecular formula is C14H22N2O2S. The van der Waals surface area contributed by atoms with Gasteiger partial charge in [-0.2, -0.15) is 0 Å². The molecule has 0 amide bonds. The fourth-order valence-electron chi connectivity index (χ4n) is 2.41. The van der Waals surface area contributed by atoms with Crippen molar-refractivity contribution < 1.29 is 8.42 Å². The van der Waals surface area contributed by atoms with Crippen molar-refractivity contribution in [2.75, 3.05) is 16.3 Å². The van der Waals surface area contributed by atoms with Gasteiger partial charge in [-0.05, 0) is 48.9 Å². The average Bonchev–Trinajstić information content (AvgIpc) is 2.22. The summed E-state index contributed by atoms with van der Waals surface area (Å²) in [6, 6.07) is 7.94. The number of anilines is 2. The zero-order chi connectivity index (χ0) is 14.0. The molecule has 0 bridgehead atoms. The lowest BCUT2D eigenvalue weighted by Crippen LogP contribution is -2.37. The summed E-state index contributed by atoms with van der Waals surface area (Å²) in [7, 11) is -3.19. The first-order valence-electron chi connectivity index (χ1n) is 6.68. The van der Waals surface area contributed by atoms with E-state index in [1.807, 2.05) is 12.1 Å². The lowest BCUT2D eigenvalue weighted by Gasteiger charge is -2.39. The smallest absolute Gasteiger partial charge is 0.229 e. The molecule has 2 rings (SSSR count). The van der Waals surface area contributed by atoms with E-state index < -0.39 is 10.0 Å². The number of benzene rings is 1. The minimum Gasteiger partial charge on any atom is -0.382 e. The third-order valence-corrected chi connectivity index (χ3v) is 4.28. The van der Waals surface area contributed by atoms with Crippen LogP contribution in [0.3, 0.4) is 0 Å². The summed E-state index contributed by atoms with van der Waals surface area (Å²) in [5.74, 6) is 1.60. The minimum atomic E-state index is -3.19. The predicted molar refractivity (Wildman–Crippen MR) is 79.9 cm³/mol. The molecule has 1 saturated carbocycles. The Hall–Kier alpha value is -1.23. The maximum absolute atomic E-state index is 11.1. The van der Waals surface area contributed by atoms with Crippen molar-refractivity contribution in [3.63, 3.8) is 0 Å². The largest absolute Gasteiger partial charge is 0.382 e. The molecule has 0 aromatic heterocycles. The van der Waals surface area contributed by atoms with Gasteiger partial charge < -0.3 is 5.32 Å². The third kappa shape index (κ3) is 4.13. The van der Waals surface area contributed by atoms with E-state index in [0.29, 0.717) is 11.7 Å². The number of sulfonamides is 1. The first kappa shape index (κ1) is 14.2. The topological polar surface area (TPSA) is 58.2 Å². The summed E-state index contributed by atoms with van der Waals surface area (Å²) in [5.41, 5.74) is 1.65. The van der Waals surface area contributed by atoms with Crippen molar-refractivity contribution in [2.24, 2.45) is 11.8 Å². The molecule has 0 saturated heterocycles. The molecule has 4 nitrogen and oxygen atoms in total. The SMILES string of the molecule is CC(C)C1CC(Nc2ccc(NS(C)(=O)=O)cc2)C1. The number of hydrogen-bond donors (Lipinski definition) is 2. The van der Waals surface area contributed by atoms with E-state index in [2.05, 4.69) is 23.9 Å². The quantitative estimate of drug-likeness (QED) is 0.873. The summed E-state index contributed by atoms with van der Waals surface area (Å²) < 4.78 is 24.6. The standard InChI is InChI=1S/C14H22N2O2S/c1-10(2)11-8-14(9-11)15-12-4-6-13(7-5-12)16-19(3,17)18/h4-7,10-11,14-16H,8-9H2,1-3H3. The summed E-state index contributed by atoms with van der Waals surface area (Å²) >= 11 is 0. The van der Waals surface area contributed by atoms with Crippen LogP contribution in [-0.2, 0) is 10.0 Å². The Balaban J connectivity index is 1.86. The maximum atomic E-state index is 11.1. The second kappa shape index (κ2) is 5.41. The minimum absolute atomic E-state index is 0.557. The fraction of sp³-hybridized carbons (Fsp3) is 0.571. The van der Waals surface area contributed by atoms with Gasteiger partial charge in [0.15, 0.2) is 0 Å². The molecule has 1 fully saturated rings. The van der Waals surface area contributed by atoms with Crippen LogP contribution >= 0.6 is 0 Å². The zero-order valence-corrected chi connectivity index (χ0v) is 12.5. The summed E-state index contributed by atoms with van der Waals surface area (Å²) in [6.07, 6.45) is 3.60. The van der Waals surface area contributed by atoms with Gasteiger partial charge in [-0.3, -0.25) is 4.72 Å². The van der Waals surface area contributed by atoms with Gasteiger partial charge in [-0.1, -0.05) is 13.8 Å². The monoisotopic (exact) mass is 282 g/mol. The highest BCUT2D eigenvalue weighted by Gasteiger charge is 2.30. The van der Waals surface area contributed by atoms with E-state index in [-0.39, 0.29) is 0 Å². The van der Waals surface area contributed by atoms with E-state index in [4.69, 9.17) is 0 Å². The molecule has 1 aromatic rings. The first-order chi connectivity index (χ1) is 8.83. The highest BCUT2D eigenvalue weighted by molar-refractivity contribution is 7.92. The maximum Gasteiger partial charge on any atom is 0.229 e. The molecule has 0 atom stereocenters. The molecule has 0 radical (unpaired) electrons. The molecule has 0 unspecified atom stereocenters. The van der Waals surface area contributed by atoms with Crippen molar-refractivity contribution in [2.45, 2.75) is 32.7 Å². The van der Waals surface area contributed by atoms with E-state index in [1.54, 1.807) is 12.1 Å². The summed E-state index contributed by atoms with van der Waals surface area (Å²) in [6.45, 7) is 4.54. The van der Waals surface area contributed by atoms with Gasteiger partial charge in [0.05, 0.1) is 6.26 Å². The highest BCUT2D eigenvalue weighted by Crippen LogP contribution is 2.35. The van der Waals surface area contributed by atoms with Crippen molar-refractivity contribution in [3.05, 3.63) is 24.3 Å². The van der Waals surface area contributed by atoms with E-state index in [9.17, 15) is 8.42 Å². The fourth-order valence-corrected chi connectivity index (χ4v) is 2.97. The molecule has 19 heavy (non-hydrogen) atoms. The van der Waals surface area contributed by atoms with Crippen molar-refractivity contribution in [1.29, 1.82) is 0 Å². The molecule has 1 aliphatic rings. The molecule has 0 aliphatic heterocycles. The van der Waals surface area contributed by atoms with Gasteiger partial charge in [0, 0.05) is 17.4 Å². The van der Waals surface area contributed by atoms with Gasteiger partial charge in [-0.25, -0.2) is 8.42 Å². The predicted octanol–water partition coefficient (Wildman–Crippen LogP) is 2.90. The van der Waals surface area contributed by atoms with Crippen LogP contribution < -0.4 is 10.0 Å². The second-order valence-electron chi connectivity index (χ2n) is 5.77. The van der Waals surface area contributed by atoms with Gasteiger partial charge in [0.2, 0.25) is 10.0 Å². The Kier molecular flexibility index (Phi) is 4.04. The van der Waals surface area contributed by atoms with Gasteiger partial charge in [0.1, 0.15) is 0 Å². The molecule has 0 spiro atoms. The van der Waals surface area contributed by atoms with Crippen LogP contribution in [-0.4, -0.2) is 20.7 Å². The molecule has 2 N–H and O–H groups in total. The Bertz CT molecular complexity index is 517. The molecule has 106 valence electrons. The average molecular weight is 282 g/mol. The van der Waals surface area contributed by atoms with Crippen LogP contribution in [0.4, 0.5) is 11.4 Å². The first-order valence-corrected chi connectivity index (χ1v) is 8.57.